The van der Waals surface area contributed by atoms with Crippen molar-refractivity contribution in [2.45, 2.75) is 50.7 Å². The summed E-state index contributed by atoms with van der Waals surface area (Å²) in [5, 5.41) is 25.2. The van der Waals surface area contributed by atoms with Crippen molar-refractivity contribution in [3.8, 4) is 16.3 Å². The van der Waals surface area contributed by atoms with Gasteiger partial charge in [0.25, 0.3) is 5.91 Å². The molecule has 4 aromatic rings. The van der Waals surface area contributed by atoms with Crippen molar-refractivity contribution in [2.24, 2.45) is 5.92 Å². The van der Waals surface area contributed by atoms with Crippen LogP contribution in [0.25, 0.3) is 10.6 Å². The first-order valence-corrected chi connectivity index (χ1v) is 15.6. The van der Waals surface area contributed by atoms with Crippen molar-refractivity contribution in [1.29, 1.82) is 0 Å². The summed E-state index contributed by atoms with van der Waals surface area (Å²) in [6.45, 7) is 0.462. The van der Waals surface area contributed by atoms with Gasteiger partial charge in [0.15, 0.2) is 16.5 Å². The molecule has 0 unspecified atom stereocenters. The number of nitrogens with one attached hydrogen (secondary N) is 1. The number of hydrogen-bond acceptors (Lipinski definition) is 10. The maximum Gasteiger partial charge on any atom is 0.278 e. The van der Waals surface area contributed by atoms with Gasteiger partial charge in [-0.05, 0) is 49.3 Å². The smallest absolute Gasteiger partial charge is 0.278 e. The van der Waals surface area contributed by atoms with Gasteiger partial charge >= 0.3 is 0 Å². The van der Waals surface area contributed by atoms with Crippen molar-refractivity contribution in [2.75, 3.05) is 19.1 Å². The fourth-order valence-corrected chi connectivity index (χ4v) is 7.42. The van der Waals surface area contributed by atoms with Gasteiger partial charge in [-0.15, -0.1) is 21.5 Å². The number of aromatic hydroxyl groups is 1. The van der Waals surface area contributed by atoms with Crippen LogP contribution in [0.4, 0.5) is 4.39 Å². The van der Waals surface area contributed by atoms with E-state index in [-0.39, 0.29) is 28.9 Å². The van der Waals surface area contributed by atoms with Crippen LogP contribution in [0, 0.1) is 11.7 Å². The zero-order chi connectivity index (χ0) is 30.3. The molecule has 43 heavy (non-hydrogen) atoms. The number of pyridine rings is 1. The highest BCUT2D eigenvalue weighted by molar-refractivity contribution is 7.14. The molecule has 1 fully saturated rings. The van der Waals surface area contributed by atoms with Crippen molar-refractivity contribution in [3.05, 3.63) is 79.4 Å². The SMILES string of the molecule is CN1C(=O)c2c(O)c(=O)c(-c3nnc(Cc4ccc(F)cc4)s3)cn2N(C)C12CCC(CC(=O)NCc1cncs1)CC2. The standard InChI is InChI=1S/C29H30FN7O4S2/c1-35-28(41)24-26(40)25(39)21(27-34-33-23(43-27)12-17-3-5-19(30)6-4-17)15-37(24)36(2)29(35)9-7-18(8-10-29)11-22(38)32-14-20-13-31-16-42-20/h3-6,13,15-16,18,40H,7-12,14H2,1-2H3,(H,32,38). The lowest BCUT2D eigenvalue weighted by molar-refractivity contribution is -0.122. The van der Waals surface area contributed by atoms with E-state index in [1.54, 1.807) is 46.7 Å². The molecule has 224 valence electrons. The van der Waals surface area contributed by atoms with Gasteiger partial charge in [0.2, 0.25) is 11.3 Å². The summed E-state index contributed by atoms with van der Waals surface area (Å²) >= 11 is 2.70. The van der Waals surface area contributed by atoms with Crippen LogP contribution in [0.3, 0.4) is 0 Å². The summed E-state index contributed by atoms with van der Waals surface area (Å²) in [7, 11) is 3.52. The lowest BCUT2D eigenvalue weighted by Gasteiger charge is -2.55. The maximum absolute atomic E-state index is 13.6. The molecule has 1 aliphatic carbocycles. The van der Waals surface area contributed by atoms with E-state index in [2.05, 4.69) is 20.5 Å². The summed E-state index contributed by atoms with van der Waals surface area (Å²) in [5.74, 6) is -1.26. The molecule has 0 bridgehead atoms. The number of rotatable bonds is 7. The Morgan fingerprint density at radius 1 is 1.16 bits per heavy atom. The molecule has 11 nitrogen and oxygen atoms in total. The van der Waals surface area contributed by atoms with Crippen LogP contribution in [0.5, 0.6) is 5.75 Å². The normalized spacial score (nSPS) is 20.0. The first-order chi connectivity index (χ1) is 20.7. The second-order valence-electron chi connectivity index (χ2n) is 11.0. The highest BCUT2D eigenvalue weighted by atomic mass is 32.1. The zero-order valence-electron chi connectivity index (χ0n) is 23.6. The molecule has 2 amide bonds. The topological polar surface area (TPSA) is 134 Å². The van der Waals surface area contributed by atoms with Crippen LogP contribution >= 0.6 is 22.7 Å². The minimum Gasteiger partial charge on any atom is -0.502 e. The average molecular weight is 624 g/mol. The van der Waals surface area contributed by atoms with E-state index in [4.69, 9.17) is 0 Å². The van der Waals surface area contributed by atoms with E-state index in [0.717, 1.165) is 23.3 Å². The fraction of sp³-hybridized carbons (Fsp3) is 0.379. The quantitative estimate of drug-likeness (QED) is 0.320. The molecule has 1 saturated carbocycles. The second kappa shape index (κ2) is 11.5. The number of carbonyl (C=O) groups is 2. The average Bonchev–Trinajstić information content (AvgIpc) is 3.70. The highest BCUT2D eigenvalue weighted by Gasteiger charge is 2.50. The molecular formula is C29H30FN7O4S2. The first kappa shape index (κ1) is 28.9. The lowest BCUT2D eigenvalue weighted by atomic mass is 9.78. The Bertz CT molecular complexity index is 1710. The fourth-order valence-electron chi connectivity index (χ4n) is 6.01. The molecule has 0 saturated heterocycles. The third kappa shape index (κ3) is 5.40. The summed E-state index contributed by atoms with van der Waals surface area (Å²) < 4.78 is 14.8. The monoisotopic (exact) mass is 623 g/mol. The van der Waals surface area contributed by atoms with E-state index in [1.807, 2.05) is 12.1 Å². The van der Waals surface area contributed by atoms with Crippen LogP contribution in [0.15, 0.2) is 47.0 Å². The van der Waals surface area contributed by atoms with Crippen molar-refractivity contribution in [3.63, 3.8) is 0 Å². The Morgan fingerprint density at radius 3 is 2.60 bits per heavy atom. The molecule has 4 heterocycles. The predicted octanol–water partition coefficient (Wildman–Crippen LogP) is 3.51. The Labute approximate surface area is 254 Å². The molecule has 0 atom stereocenters. The Balaban J connectivity index is 1.21. The Kier molecular flexibility index (Phi) is 7.73. The number of nitrogens with zero attached hydrogens (tertiary/aromatic N) is 6. The number of thiazole rings is 1. The molecule has 3 aromatic heterocycles. The van der Waals surface area contributed by atoms with Gasteiger partial charge in [-0.2, -0.15) is 0 Å². The van der Waals surface area contributed by atoms with Gasteiger partial charge in [-0.3, -0.25) is 29.1 Å². The molecule has 1 aliphatic heterocycles. The summed E-state index contributed by atoms with van der Waals surface area (Å²) in [4.78, 5) is 46.1. The second-order valence-corrected chi connectivity index (χ2v) is 13.0. The number of aromatic nitrogens is 4. The molecule has 2 N–H and O–H groups in total. The molecule has 1 spiro atoms. The number of benzene rings is 1. The van der Waals surface area contributed by atoms with Crippen LogP contribution in [-0.2, 0) is 17.8 Å². The number of fused-ring (bicyclic) bond motifs is 1. The predicted molar refractivity (Wildman–Crippen MR) is 160 cm³/mol. The minimum absolute atomic E-state index is 0.0103. The summed E-state index contributed by atoms with van der Waals surface area (Å²) in [6, 6.07) is 6.07. The van der Waals surface area contributed by atoms with Crippen LogP contribution in [0.1, 0.15) is 58.0 Å². The molecule has 0 radical (unpaired) electrons. The highest BCUT2D eigenvalue weighted by Crippen LogP contribution is 2.42. The van der Waals surface area contributed by atoms with Crippen molar-refractivity contribution >= 4 is 34.5 Å². The molecule has 14 heteroatoms. The molecular weight excluding hydrogens is 593 g/mol. The zero-order valence-corrected chi connectivity index (χ0v) is 25.3. The summed E-state index contributed by atoms with van der Waals surface area (Å²) in [6.07, 6.45) is 6.79. The number of carbonyl (C=O) groups excluding carboxylic acids is 2. The van der Waals surface area contributed by atoms with Crippen LogP contribution in [-0.4, -0.2) is 61.4 Å². The van der Waals surface area contributed by atoms with Crippen LogP contribution < -0.4 is 15.8 Å². The first-order valence-electron chi connectivity index (χ1n) is 13.9. The molecule has 2 aliphatic rings. The van der Waals surface area contributed by atoms with Crippen molar-refractivity contribution in [1.82, 2.24) is 30.1 Å². The molecule has 6 rings (SSSR count). The van der Waals surface area contributed by atoms with Gasteiger partial charge in [0.1, 0.15) is 16.5 Å². The number of halogens is 1. The van der Waals surface area contributed by atoms with E-state index in [0.29, 0.717) is 42.2 Å². The van der Waals surface area contributed by atoms with E-state index >= 15 is 0 Å². The maximum atomic E-state index is 13.6. The summed E-state index contributed by atoms with van der Waals surface area (Å²) in [5.41, 5.74) is 1.21. The third-order valence-electron chi connectivity index (χ3n) is 8.51. The Morgan fingerprint density at radius 2 is 1.91 bits per heavy atom. The van der Waals surface area contributed by atoms with Gasteiger partial charge < -0.3 is 15.3 Å². The number of amides is 2. The van der Waals surface area contributed by atoms with E-state index < -0.39 is 22.7 Å². The van der Waals surface area contributed by atoms with E-state index in [1.165, 1.54) is 34.8 Å². The largest absolute Gasteiger partial charge is 0.502 e. The Hall–Kier alpha value is -4.17. The third-order valence-corrected chi connectivity index (χ3v) is 10.2. The molecule has 1 aromatic carbocycles. The minimum atomic E-state index is -0.701. The van der Waals surface area contributed by atoms with Gasteiger partial charge in [0.05, 0.1) is 17.6 Å². The van der Waals surface area contributed by atoms with Gasteiger partial charge in [-0.1, -0.05) is 23.5 Å². The van der Waals surface area contributed by atoms with Gasteiger partial charge in [-0.25, -0.2) is 4.39 Å². The van der Waals surface area contributed by atoms with E-state index in [9.17, 15) is 23.9 Å². The van der Waals surface area contributed by atoms with Gasteiger partial charge in [0, 0.05) is 44.2 Å². The van der Waals surface area contributed by atoms with Crippen LogP contribution in [0.2, 0.25) is 0 Å². The van der Waals surface area contributed by atoms with Crippen molar-refractivity contribution < 1.29 is 19.1 Å². The lowest BCUT2D eigenvalue weighted by Crippen LogP contribution is -2.69. The number of hydrogen-bond donors (Lipinski definition) is 2.